The van der Waals surface area contributed by atoms with E-state index in [0.29, 0.717) is 6.42 Å². The van der Waals surface area contributed by atoms with Gasteiger partial charge in [0.2, 0.25) is 5.91 Å². The second-order valence-corrected chi connectivity index (χ2v) is 8.12. The summed E-state index contributed by atoms with van der Waals surface area (Å²) < 4.78 is 2.22. The maximum atomic E-state index is 12.5. The third kappa shape index (κ3) is 4.43. The third-order valence-electron chi connectivity index (χ3n) is 5.56. The summed E-state index contributed by atoms with van der Waals surface area (Å²) in [5, 5.41) is 6.46. The molecule has 4 rings (SSSR count). The third-order valence-corrected chi connectivity index (χ3v) is 5.56. The van der Waals surface area contributed by atoms with Crippen molar-refractivity contribution in [3.05, 3.63) is 100 Å². The topological polar surface area (TPSA) is 46.4 Å². The van der Waals surface area contributed by atoms with Crippen molar-refractivity contribution in [1.29, 1.82) is 0 Å². The number of hydrogen-bond donors (Lipinski definition) is 1. The Morgan fingerprint density at radius 3 is 2.42 bits per heavy atom. The summed E-state index contributed by atoms with van der Waals surface area (Å²) in [7, 11) is 0. The lowest BCUT2D eigenvalue weighted by Gasteiger charge is -2.11. The number of aryl methyl sites for hydroxylation is 3. The van der Waals surface area contributed by atoms with E-state index >= 15 is 0 Å². The van der Waals surface area contributed by atoms with Gasteiger partial charge in [0, 0.05) is 22.6 Å². The van der Waals surface area contributed by atoms with E-state index in [1.165, 1.54) is 11.1 Å². The molecule has 0 aliphatic rings. The first-order valence-electron chi connectivity index (χ1n) is 10.5. The first-order chi connectivity index (χ1) is 14.9. The van der Waals surface area contributed by atoms with Gasteiger partial charge in [0.1, 0.15) is 0 Å². The maximum absolute atomic E-state index is 12.5. The van der Waals surface area contributed by atoms with Gasteiger partial charge in [0.25, 0.3) is 0 Å². The van der Waals surface area contributed by atoms with Crippen LogP contribution in [0.2, 0.25) is 0 Å². The Balaban J connectivity index is 1.50. The fraction of sp³-hybridized carbons (Fsp3) is 0.185. The van der Waals surface area contributed by atoms with Gasteiger partial charge in [-0.25, -0.2) is 5.43 Å². The molecule has 1 N–H and O–H groups in total. The lowest BCUT2D eigenvalue weighted by atomic mass is 10.0. The second-order valence-electron chi connectivity index (χ2n) is 8.12. The van der Waals surface area contributed by atoms with Crippen molar-refractivity contribution in [2.24, 2.45) is 5.10 Å². The predicted octanol–water partition coefficient (Wildman–Crippen LogP) is 5.56. The molecule has 4 heteroatoms. The average Bonchev–Trinajstić information content (AvgIpc) is 3.01. The summed E-state index contributed by atoms with van der Waals surface area (Å²) in [6, 6.07) is 22.8. The van der Waals surface area contributed by atoms with Gasteiger partial charge in [-0.3, -0.25) is 4.79 Å². The number of aromatic nitrogens is 1. The Bertz CT molecular complexity index is 1270. The summed E-state index contributed by atoms with van der Waals surface area (Å²) in [4.78, 5) is 12.5. The Hall–Kier alpha value is -3.66. The van der Waals surface area contributed by atoms with Crippen molar-refractivity contribution < 1.29 is 4.79 Å². The highest BCUT2D eigenvalue weighted by atomic mass is 16.2. The molecule has 4 nitrogen and oxygen atoms in total. The number of nitrogens with zero attached hydrogens (tertiary/aromatic N) is 2. The Morgan fingerprint density at radius 1 is 0.935 bits per heavy atom. The number of benzene rings is 3. The van der Waals surface area contributed by atoms with Gasteiger partial charge >= 0.3 is 0 Å². The molecule has 3 aromatic carbocycles. The molecule has 0 saturated carbocycles. The van der Waals surface area contributed by atoms with Crippen LogP contribution in [0.5, 0.6) is 0 Å². The molecule has 0 fully saturated rings. The lowest BCUT2D eigenvalue weighted by Crippen LogP contribution is -2.19. The summed E-state index contributed by atoms with van der Waals surface area (Å²) >= 11 is 0. The van der Waals surface area contributed by atoms with Crippen LogP contribution < -0.4 is 5.43 Å². The van der Waals surface area contributed by atoms with E-state index in [-0.39, 0.29) is 5.91 Å². The van der Waals surface area contributed by atoms with Crippen LogP contribution in [0.15, 0.2) is 71.8 Å². The number of nitrogens with one attached hydrogen (secondary N) is 1. The molecule has 0 atom stereocenters. The van der Waals surface area contributed by atoms with E-state index in [2.05, 4.69) is 79.2 Å². The summed E-state index contributed by atoms with van der Waals surface area (Å²) in [5.74, 6) is -0.129. The number of hydrazone groups is 1. The fourth-order valence-corrected chi connectivity index (χ4v) is 4.23. The molecule has 0 bridgehead atoms. The summed E-state index contributed by atoms with van der Waals surface area (Å²) in [6.45, 7) is 8.38. The van der Waals surface area contributed by atoms with Crippen LogP contribution in [-0.4, -0.2) is 16.7 Å². The summed E-state index contributed by atoms with van der Waals surface area (Å²) in [6.07, 6.45) is 2.02. The molecule has 1 heterocycles. The van der Waals surface area contributed by atoms with E-state index in [1.54, 1.807) is 6.21 Å². The van der Waals surface area contributed by atoms with Crippen molar-refractivity contribution >= 4 is 22.9 Å². The minimum atomic E-state index is -0.129. The van der Waals surface area contributed by atoms with Crippen molar-refractivity contribution in [1.82, 2.24) is 9.99 Å². The first kappa shape index (κ1) is 20.6. The van der Waals surface area contributed by atoms with E-state index in [0.717, 1.165) is 39.0 Å². The molecule has 156 valence electrons. The lowest BCUT2D eigenvalue weighted by molar-refractivity contribution is -0.120. The van der Waals surface area contributed by atoms with Gasteiger partial charge in [0.05, 0.1) is 12.6 Å². The highest BCUT2D eigenvalue weighted by molar-refractivity contribution is 5.90. The van der Waals surface area contributed by atoms with Crippen molar-refractivity contribution in [2.45, 2.75) is 34.1 Å². The van der Waals surface area contributed by atoms with Crippen LogP contribution in [0, 0.1) is 27.7 Å². The van der Waals surface area contributed by atoms with Crippen LogP contribution in [-0.2, 0) is 11.2 Å². The molecule has 1 amide bonds. The zero-order valence-electron chi connectivity index (χ0n) is 18.4. The smallest absolute Gasteiger partial charge is 0.244 e. The molecule has 0 aliphatic carbocycles. The number of amides is 1. The van der Waals surface area contributed by atoms with Gasteiger partial charge < -0.3 is 4.57 Å². The van der Waals surface area contributed by atoms with Gasteiger partial charge in [-0.2, -0.15) is 5.10 Å². The summed E-state index contributed by atoms with van der Waals surface area (Å²) in [5.41, 5.74) is 10.5. The molecule has 1 aromatic heterocycles. The molecule has 0 spiro atoms. The number of carbonyl (C=O) groups excluding carboxylic acids is 1. The standard InChI is InChI=1S/C27H27N3O/c1-18-12-19(2)14-25(13-18)30-20(3)15-24(21(30)4)17-28-29-27(31)16-23-10-7-9-22-8-5-6-11-26(22)23/h5-15,17H,16H2,1-4H3,(H,29,31)/b28-17-. The molecular weight excluding hydrogens is 382 g/mol. The molecule has 0 radical (unpaired) electrons. The number of fused-ring (bicyclic) bond motifs is 1. The normalized spacial score (nSPS) is 11.4. The number of hydrogen-bond acceptors (Lipinski definition) is 2. The van der Waals surface area contributed by atoms with Crippen LogP contribution in [0.4, 0.5) is 0 Å². The zero-order valence-corrected chi connectivity index (χ0v) is 18.4. The molecule has 0 unspecified atom stereocenters. The second kappa shape index (κ2) is 8.60. The Morgan fingerprint density at radius 2 is 1.65 bits per heavy atom. The Kier molecular flexibility index (Phi) is 5.72. The highest BCUT2D eigenvalue weighted by Crippen LogP contribution is 2.22. The van der Waals surface area contributed by atoms with Gasteiger partial charge in [-0.05, 0) is 73.4 Å². The van der Waals surface area contributed by atoms with Crippen LogP contribution >= 0.6 is 0 Å². The quantitative estimate of drug-likeness (QED) is 0.341. The minimum Gasteiger partial charge on any atom is -0.318 e. The van der Waals surface area contributed by atoms with Crippen molar-refractivity contribution in [3.63, 3.8) is 0 Å². The van der Waals surface area contributed by atoms with Crippen LogP contribution in [0.25, 0.3) is 16.5 Å². The highest BCUT2D eigenvalue weighted by Gasteiger charge is 2.11. The predicted molar refractivity (Wildman–Crippen MR) is 128 cm³/mol. The van der Waals surface area contributed by atoms with Crippen LogP contribution in [0.3, 0.4) is 0 Å². The Labute approximate surface area is 183 Å². The molecule has 0 saturated heterocycles. The van der Waals surface area contributed by atoms with Crippen LogP contribution in [0.1, 0.15) is 33.6 Å². The van der Waals surface area contributed by atoms with Gasteiger partial charge in [-0.15, -0.1) is 0 Å². The minimum absolute atomic E-state index is 0.129. The van der Waals surface area contributed by atoms with Gasteiger partial charge in [-0.1, -0.05) is 48.5 Å². The average molecular weight is 410 g/mol. The molecular formula is C27H27N3O. The number of rotatable bonds is 5. The van der Waals surface area contributed by atoms with Gasteiger partial charge in [0.15, 0.2) is 0 Å². The SMILES string of the molecule is Cc1cc(C)cc(-n2c(C)cc(/C=N\NC(=O)Cc3cccc4ccccc34)c2C)c1. The number of carbonyl (C=O) groups is 1. The maximum Gasteiger partial charge on any atom is 0.244 e. The van der Waals surface area contributed by atoms with Crippen molar-refractivity contribution in [3.8, 4) is 5.69 Å². The van der Waals surface area contributed by atoms with E-state index in [4.69, 9.17) is 0 Å². The van der Waals surface area contributed by atoms with Crippen molar-refractivity contribution in [2.75, 3.05) is 0 Å². The zero-order chi connectivity index (χ0) is 22.0. The monoisotopic (exact) mass is 409 g/mol. The molecule has 4 aromatic rings. The van der Waals surface area contributed by atoms with E-state index in [1.807, 2.05) is 30.3 Å². The fourth-order valence-electron chi connectivity index (χ4n) is 4.23. The largest absolute Gasteiger partial charge is 0.318 e. The molecule has 0 aliphatic heterocycles. The first-order valence-corrected chi connectivity index (χ1v) is 10.5. The molecule has 31 heavy (non-hydrogen) atoms. The van der Waals surface area contributed by atoms with E-state index < -0.39 is 0 Å². The van der Waals surface area contributed by atoms with E-state index in [9.17, 15) is 4.79 Å².